The number of allylic oxidation sites excluding steroid dienone is 2. The maximum atomic E-state index is 5.82. The van der Waals surface area contributed by atoms with Gasteiger partial charge in [0.2, 0.25) is 0 Å². The number of aromatic nitrogens is 1. The van der Waals surface area contributed by atoms with E-state index in [9.17, 15) is 0 Å². The smallest absolute Gasteiger partial charge is 0.142 e. The fourth-order valence-electron chi connectivity index (χ4n) is 3.77. The van der Waals surface area contributed by atoms with Gasteiger partial charge in [-0.2, -0.15) is 0 Å². The van der Waals surface area contributed by atoms with Crippen LogP contribution < -0.4 is 4.74 Å². The molecule has 1 aromatic heterocycles. The second-order valence-electron chi connectivity index (χ2n) is 6.99. The summed E-state index contributed by atoms with van der Waals surface area (Å²) in [6.45, 7) is 6.42. The molecule has 0 fully saturated rings. The Morgan fingerprint density at radius 2 is 1.62 bits per heavy atom. The number of hydrogen-bond donors (Lipinski definition) is 0. The van der Waals surface area contributed by atoms with E-state index in [0.29, 0.717) is 6.61 Å². The fourth-order valence-corrected chi connectivity index (χ4v) is 3.77. The first-order valence-corrected chi connectivity index (χ1v) is 9.78. The maximum absolute atomic E-state index is 5.82. The van der Waals surface area contributed by atoms with Crippen LogP contribution in [0.5, 0.6) is 5.75 Å². The molecule has 0 amide bonds. The first-order valence-electron chi connectivity index (χ1n) is 9.78. The van der Waals surface area contributed by atoms with Crippen molar-refractivity contribution in [1.82, 2.24) is 4.57 Å². The lowest BCUT2D eigenvalue weighted by Crippen LogP contribution is -1.98. The molecule has 3 nitrogen and oxygen atoms in total. The minimum absolute atomic E-state index is 0.619. The Morgan fingerprint density at radius 3 is 2.34 bits per heavy atom. The fraction of sp³-hybridized carbons (Fsp3) is 0.154. The molecular weight excluding hydrogens is 358 g/mol. The van der Waals surface area contributed by atoms with Crippen LogP contribution in [0.1, 0.15) is 12.6 Å². The number of methoxy groups -OCH3 is 1. The van der Waals surface area contributed by atoms with Crippen LogP contribution in [0.3, 0.4) is 0 Å². The van der Waals surface area contributed by atoms with E-state index in [1.807, 2.05) is 19.1 Å². The normalized spacial score (nSPS) is 11.8. The maximum Gasteiger partial charge on any atom is 0.142 e. The summed E-state index contributed by atoms with van der Waals surface area (Å²) in [4.78, 5) is 0. The third kappa shape index (κ3) is 3.52. The summed E-state index contributed by atoms with van der Waals surface area (Å²) in [5.41, 5.74) is 4.60. The van der Waals surface area contributed by atoms with Crippen LogP contribution >= 0.6 is 0 Å². The number of aryl methyl sites for hydroxylation is 1. The molecular formula is C26H25NO2. The Morgan fingerprint density at radius 1 is 0.931 bits per heavy atom. The van der Waals surface area contributed by atoms with E-state index in [1.54, 1.807) is 13.2 Å². The van der Waals surface area contributed by atoms with Gasteiger partial charge in [0.25, 0.3) is 0 Å². The van der Waals surface area contributed by atoms with Crippen molar-refractivity contribution in [3.05, 3.63) is 85.1 Å². The molecule has 0 aliphatic rings. The Bertz CT molecular complexity index is 1230. The molecule has 0 unspecified atom stereocenters. The lowest BCUT2D eigenvalue weighted by molar-refractivity contribution is 0.295. The molecule has 4 rings (SSSR count). The molecule has 146 valence electrons. The second kappa shape index (κ2) is 7.88. The van der Waals surface area contributed by atoms with Gasteiger partial charge < -0.3 is 14.0 Å². The zero-order chi connectivity index (χ0) is 20.4. The average Bonchev–Trinajstić information content (AvgIpc) is 3.08. The minimum Gasteiger partial charge on any atom is -0.497 e. The summed E-state index contributed by atoms with van der Waals surface area (Å²) in [5.74, 6) is 1.71. The zero-order valence-electron chi connectivity index (χ0n) is 17.1. The van der Waals surface area contributed by atoms with Gasteiger partial charge in [0.05, 0.1) is 19.4 Å². The second-order valence-corrected chi connectivity index (χ2v) is 6.99. The molecule has 1 heterocycles. The summed E-state index contributed by atoms with van der Waals surface area (Å²) in [6, 6.07) is 21.5. The molecule has 0 radical (unpaired) electrons. The Kier molecular flexibility index (Phi) is 5.13. The van der Waals surface area contributed by atoms with Gasteiger partial charge in [0, 0.05) is 18.0 Å². The Hall–Kier alpha value is -3.46. The van der Waals surface area contributed by atoms with E-state index < -0.39 is 0 Å². The quantitative estimate of drug-likeness (QED) is 0.278. The molecule has 0 N–H and O–H groups in total. The molecule has 0 atom stereocenters. The first kappa shape index (κ1) is 18.9. The summed E-state index contributed by atoms with van der Waals surface area (Å²) >= 11 is 0. The van der Waals surface area contributed by atoms with Crippen molar-refractivity contribution in [1.29, 1.82) is 0 Å². The topological polar surface area (TPSA) is 23.4 Å². The van der Waals surface area contributed by atoms with Gasteiger partial charge in [-0.1, -0.05) is 36.9 Å². The highest BCUT2D eigenvalue weighted by Crippen LogP contribution is 2.31. The van der Waals surface area contributed by atoms with Crippen molar-refractivity contribution in [2.45, 2.75) is 6.92 Å². The van der Waals surface area contributed by atoms with E-state index in [-0.39, 0.29) is 0 Å². The van der Waals surface area contributed by atoms with Gasteiger partial charge in [-0.05, 0) is 71.3 Å². The van der Waals surface area contributed by atoms with Crippen LogP contribution in [0.4, 0.5) is 0 Å². The van der Waals surface area contributed by atoms with Crippen molar-refractivity contribution < 1.29 is 9.47 Å². The van der Waals surface area contributed by atoms with Crippen LogP contribution in [0.15, 0.2) is 79.4 Å². The number of benzene rings is 3. The number of rotatable bonds is 6. The van der Waals surface area contributed by atoms with Gasteiger partial charge in [-0.15, -0.1) is 0 Å². The predicted molar refractivity (Wildman–Crippen MR) is 122 cm³/mol. The molecule has 29 heavy (non-hydrogen) atoms. The summed E-state index contributed by atoms with van der Waals surface area (Å²) < 4.78 is 13.3. The monoisotopic (exact) mass is 383 g/mol. The molecule has 3 aromatic carbocycles. The van der Waals surface area contributed by atoms with E-state index in [2.05, 4.69) is 72.8 Å². The van der Waals surface area contributed by atoms with Gasteiger partial charge in [-0.25, -0.2) is 0 Å². The average molecular weight is 383 g/mol. The Balaban J connectivity index is 1.78. The van der Waals surface area contributed by atoms with Crippen LogP contribution in [0.25, 0.3) is 38.6 Å². The number of nitrogens with zero attached hydrogens (tertiary/aromatic N) is 1. The zero-order valence-corrected chi connectivity index (χ0v) is 17.1. The third-order valence-corrected chi connectivity index (χ3v) is 5.24. The number of fused-ring (bicyclic) bond motifs is 2. The van der Waals surface area contributed by atoms with E-state index in [1.165, 1.54) is 32.8 Å². The van der Waals surface area contributed by atoms with Crippen LogP contribution in [-0.2, 0) is 11.8 Å². The van der Waals surface area contributed by atoms with E-state index >= 15 is 0 Å². The first-order chi connectivity index (χ1) is 14.1. The van der Waals surface area contributed by atoms with Crippen molar-refractivity contribution in [3.63, 3.8) is 0 Å². The highest BCUT2D eigenvalue weighted by atomic mass is 16.5. The SMILES string of the molecule is C=C/C=C(/OCC)c1cc2cc(-c3ccc4cc(OC)ccc4c3)ccc2n1C. The molecule has 4 aromatic rings. The van der Waals surface area contributed by atoms with E-state index in [4.69, 9.17) is 9.47 Å². The summed E-state index contributed by atoms with van der Waals surface area (Å²) in [7, 11) is 3.76. The standard InChI is InChI=1S/C26H25NO2/c1-5-7-26(29-6-2)25-17-22-15-20(11-13-24(22)27(25)3)18-8-9-21-16-23(28-4)12-10-19(21)14-18/h5,7-17H,1,6H2,2-4H3/b26-7+. The predicted octanol–water partition coefficient (Wildman–Crippen LogP) is 6.57. The van der Waals surface area contributed by atoms with E-state index in [0.717, 1.165) is 17.2 Å². The largest absolute Gasteiger partial charge is 0.497 e. The number of ether oxygens (including phenoxy) is 2. The van der Waals surface area contributed by atoms with Crippen molar-refractivity contribution >= 4 is 27.4 Å². The summed E-state index contributed by atoms with van der Waals surface area (Å²) in [5, 5.41) is 3.56. The molecule has 0 aliphatic heterocycles. The molecule has 0 bridgehead atoms. The molecule has 3 heteroatoms. The van der Waals surface area contributed by atoms with Crippen LogP contribution in [-0.4, -0.2) is 18.3 Å². The molecule has 0 aliphatic carbocycles. The van der Waals surface area contributed by atoms with Gasteiger partial charge in [0.1, 0.15) is 11.5 Å². The molecule has 0 saturated heterocycles. The van der Waals surface area contributed by atoms with Crippen molar-refractivity contribution in [3.8, 4) is 16.9 Å². The lowest BCUT2D eigenvalue weighted by atomic mass is 10.00. The van der Waals surface area contributed by atoms with Crippen LogP contribution in [0.2, 0.25) is 0 Å². The minimum atomic E-state index is 0.619. The van der Waals surface area contributed by atoms with Crippen molar-refractivity contribution in [2.75, 3.05) is 13.7 Å². The molecule has 0 saturated carbocycles. The Labute approximate surface area is 171 Å². The lowest BCUT2D eigenvalue weighted by Gasteiger charge is -2.09. The third-order valence-electron chi connectivity index (χ3n) is 5.24. The van der Waals surface area contributed by atoms with Gasteiger partial charge >= 0.3 is 0 Å². The van der Waals surface area contributed by atoms with Gasteiger partial charge in [-0.3, -0.25) is 0 Å². The van der Waals surface area contributed by atoms with Gasteiger partial charge in [0.15, 0.2) is 0 Å². The highest BCUT2D eigenvalue weighted by molar-refractivity contribution is 5.92. The van der Waals surface area contributed by atoms with Crippen molar-refractivity contribution in [2.24, 2.45) is 7.05 Å². The highest BCUT2D eigenvalue weighted by Gasteiger charge is 2.12. The number of hydrogen-bond acceptors (Lipinski definition) is 2. The molecule has 0 spiro atoms. The summed E-state index contributed by atoms with van der Waals surface area (Å²) in [6.07, 6.45) is 3.67. The van der Waals surface area contributed by atoms with Crippen LogP contribution in [0, 0.1) is 0 Å².